The smallest absolute Gasteiger partial charge is 0.339 e. The average molecular weight is 457 g/mol. The predicted octanol–water partition coefficient (Wildman–Crippen LogP) is 3.86. The summed E-state index contributed by atoms with van der Waals surface area (Å²) in [5, 5.41) is 20.4. The molecule has 5 aliphatic rings. The van der Waals surface area contributed by atoms with Crippen molar-refractivity contribution in [2.45, 2.75) is 83.3 Å². The summed E-state index contributed by atoms with van der Waals surface area (Å²) in [4.78, 5) is 37.7. The zero-order chi connectivity index (χ0) is 23.6. The molecule has 0 bridgehead atoms. The third kappa shape index (κ3) is 3.31. The van der Waals surface area contributed by atoms with Crippen LogP contribution in [0, 0.1) is 34.5 Å². The highest BCUT2D eigenvalue weighted by atomic mass is 16.5. The second-order valence-electron chi connectivity index (χ2n) is 11.6. The van der Waals surface area contributed by atoms with Gasteiger partial charge in [0.1, 0.15) is 5.78 Å². The van der Waals surface area contributed by atoms with Crippen LogP contribution in [-0.2, 0) is 19.1 Å². The Balaban J connectivity index is 1.38. The minimum Gasteiger partial charge on any atom is -0.479 e. The van der Waals surface area contributed by atoms with Gasteiger partial charge in [0, 0.05) is 24.4 Å². The molecule has 0 spiro atoms. The maximum atomic E-state index is 13.6. The molecule has 0 radical (unpaired) electrons. The summed E-state index contributed by atoms with van der Waals surface area (Å²) < 4.78 is 5.59. The molecule has 1 aliphatic heterocycles. The van der Waals surface area contributed by atoms with Crippen molar-refractivity contribution in [3.05, 3.63) is 23.8 Å². The highest BCUT2D eigenvalue weighted by Crippen LogP contribution is 2.66. The highest BCUT2D eigenvalue weighted by Gasteiger charge is 2.61. The molecule has 0 aromatic carbocycles. The van der Waals surface area contributed by atoms with Gasteiger partial charge >= 0.3 is 5.97 Å². The number of carbonyl (C=O) groups excluding carboxylic acids is 2. The molecular formula is C27H36O6. The van der Waals surface area contributed by atoms with Gasteiger partial charge in [-0.15, -0.1) is 0 Å². The number of carbonyl (C=O) groups is 3. The van der Waals surface area contributed by atoms with Gasteiger partial charge in [-0.25, -0.2) is 4.79 Å². The van der Waals surface area contributed by atoms with E-state index in [1.807, 2.05) is 6.08 Å². The van der Waals surface area contributed by atoms with E-state index in [4.69, 9.17) is 4.74 Å². The molecule has 2 N–H and O–H groups in total. The second-order valence-corrected chi connectivity index (χ2v) is 11.6. The Hall–Kier alpha value is -1.79. The van der Waals surface area contributed by atoms with Gasteiger partial charge in [-0.05, 0) is 86.7 Å². The van der Waals surface area contributed by atoms with Crippen LogP contribution in [0.3, 0.4) is 0 Å². The molecule has 180 valence electrons. The van der Waals surface area contributed by atoms with Crippen molar-refractivity contribution in [3.63, 3.8) is 0 Å². The van der Waals surface area contributed by atoms with Gasteiger partial charge < -0.3 is 14.9 Å². The number of hydrogen-bond acceptors (Lipinski definition) is 5. The number of Topliss-reactive ketones (excluding diaryl/α,β-unsaturated/α-hetero) is 1. The first-order valence-electron chi connectivity index (χ1n) is 12.6. The topological polar surface area (TPSA) is 101 Å². The van der Waals surface area contributed by atoms with Crippen LogP contribution in [0.2, 0.25) is 0 Å². The van der Waals surface area contributed by atoms with E-state index in [0.29, 0.717) is 30.6 Å². The van der Waals surface area contributed by atoms with Gasteiger partial charge in [-0.1, -0.05) is 25.5 Å². The van der Waals surface area contributed by atoms with Gasteiger partial charge in [0.15, 0.2) is 11.4 Å². The largest absolute Gasteiger partial charge is 0.479 e. The van der Waals surface area contributed by atoms with E-state index in [9.17, 15) is 24.6 Å². The molecule has 4 fully saturated rings. The van der Waals surface area contributed by atoms with E-state index in [2.05, 4.69) is 19.9 Å². The van der Waals surface area contributed by atoms with Crippen molar-refractivity contribution in [2.75, 3.05) is 6.61 Å². The van der Waals surface area contributed by atoms with Crippen LogP contribution in [0.15, 0.2) is 23.8 Å². The first kappa shape index (κ1) is 23.0. The lowest BCUT2D eigenvalue weighted by Gasteiger charge is -2.57. The van der Waals surface area contributed by atoms with Crippen LogP contribution in [0.1, 0.15) is 71.6 Å². The maximum Gasteiger partial charge on any atom is 0.339 e. The number of aliphatic hydroxyl groups excluding tert-OH is 1. The lowest BCUT2D eigenvalue weighted by atomic mass is 9.47. The van der Waals surface area contributed by atoms with E-state index in [1.54, 1.807) is 6.08 Å². The van der Waals surface area contributed by atoms with Crippen molar-refractivity contribution < 1.29 is 29.3 Å². The van der Waals surface area contributed by atoms with Gasteiger partial charge in [0.2, 0.25) is 0 Å². The third-order valence-corrected chi connectivity index (χ3v) is 10.3. The van der Waals surface area contributed by atoms with Crippen molar-refractivity contribution in [1.82, 2.24) is 0 Å². The summed E-state index contributed by atoms with van der Waals surface area (Å²) in [5.41, 5.74) is -0.771. The molecule has 33 heavy (non-hydrogen) atoms. The first-order valence-corrected chi connectivity index (χ1v) is 12.6. The Labute approximate surface area is 195 Å². The standard InChI is InChI=1S/C27H36O6/c1-25-11-9-17(28)14-16(25)5-6-18-19-7-8-21(26(19,2)12-10-20(18)25)22(29)15-27(24(31)32)23(30)4-3-13-33-27/h9,11,14,18-21,23,30H,3-8,10,12-13,15H2,1-2H3,(H,31,32)/t18-,19-,20-,21+,23?,25-,26-,27?/m0/s1. The van der Waals surface area contributed by atoms with Crippen molar-refractivity contribution >= 4 is 17.5 Å². The average Bonchev–Trinajstić information content (AvgIpc) is 3.13. The van der Waals surface area contributed by atoms with Gasteiger partial charge in [0.05, 0.1) is 6.10 Å². The fraction of sp³-hybridized carbons (Fsp3) is 0.741. The number of carboxylic acids is 1. The number of ether oxygens (including phenoxy) is 1. The van der Waals surface area contributed by atoms with Crippen LogP contribution in [0.4, 0.5) is 0 Å². The van der Waals surface area contributed by atoms with E-state index >= 15 is 0 Å². The first-order chi connectivity index (χ1) is 15.6. The molecule has 6 heteroatoms. The molecule has 2 unspecified atom stereocenters. The molecule has 5 rings (SSSR count). The van der Waals surface area contributed by atoms with Gasteiger partial charge in [-0.3, -0.25) is 9.59 Å². The van der Waals surface area contributed by atoms with Crippen molar-refractivity contribution in [2.24, 2.45) is 34.5 Å². The van der Waals surface area contributed by atoms with Crippen LogP contribution in [0.5, 0.6) is 0 Å². The maximum absolute atomic E-state index is 13.6. The number of ketones is 2. The number of carboxylic acid groups (broad SMARTS) is 1. The molecule has 3 saturated carbocycles. The number of hydrogen-bond donors (Lipinski definition) is 2. The fourth-order valence-corrected chi connectivity index (χ4v) is 8.42. The number of fused-ring (bicyclic) bond motifs is 5. The second kappa shape index (κ2) is 7.88. The number of aliphatic carboxylic acids is 1. The quantitative estimate of drug-likeness (QED) is 0.666. The van der Waals surface area contributed by atoms with Crippen molar-refractivity contribution in [1.29, 1.82) is 0 Å². The van der Waals surface area contributed by atoms with Gasteiger partial charge in [0.25, 0.3) is 0 Å². The molecule has 1 saturated heterocycles. The summed E-state index contributed by atoms with van der Waals surface area (Å²) >= 11 is 0. The van der Waals surface area contributed by atoms with Crippen LogP contribution in [0.25, 0.3) is 0 Å². The molecule has 0 amide bonds. The molecular weight excluding hydrogens is 420 g/mol. The molecule has 4 aliphatic carbocycles. The Kier molecular flexibility index (Phi) is 5.48. The molecule has 0 aromatic heterocycles. The van der Waals surface area contributed by atoms with Gasteiger partial charge in [-0.2, -0.15) is 0 Å². The summed E-state index contributed by atoms with van der Waals surface area (Å²) in [6.07, 6.45) is 10.9. The summed E-state index contributed by atoms with van der Waals surface area (Å²) in [5.74, 6) is 0.0112. The van der Waals surface area contributed by atoms with Crippen LogP contribution in [-0.4, -0.2) is 46.1 Å². The summed E-state index contributed by atoms with van der Waals surface area (Å²) in [6, 6.07) is 0. The number of aliphatic hydroxyl groups is 1. The minimum atomic E-state index is -1.81. The predicted molar refractivity (Wildman–Crippen MR) is 121 cm³/mol. The Morgan fingerprint density at radius 2 is 1.91 bits per heavy atom. The zero-order valence-corrected chi connectivity index (χ0v) is 19.7. The minimum absolute atomic E-state index is 0.0624. The number of allylic oxidation sites excluding steroid dienone is 4. The fourth-order valence-electron chi connectivity index (χ4n) is 8.42. The van der Waals surface area contributed by atoms with E-state index in [-0.39, 0.29) is 41.3 Å². The SMILES string of the molecule is C[C@]12CC[C@H]3[C@@H](CCC4=CC(=O)C=C[C@@]43C)[C@@H]1CC[C@@H]2C(=O)CC1(C(=O)O)OCCCC1O. The lowest BCUT2D eigenvalue weighted by Crippen LogP contribution is -2.57. The highest BCUT2D eigenvalue weighted by molar-refractivity contribution is 6.01. The molecule has 8 atom stereocenters. The number of rotatable bonds is 4. The van der Waals surface area contributed by atoms with E-state index in [1.165, 1.54) is 5.57 Å². The Morgan fingerprint density at radius 1 is 1.12 bits per heavy atom. The molecule has 6 nitrogen and oxygen atoms in total. The van der Waals surface area contributed by atoms with Crippen LogP contribution >= 0.6 is 0 Å². The zero-order valence-electron chi connectivity index (χ0n) is 19.7. The van der Waals surface area contributed by atoms with E-state index < -0.39 is 17.7 Å². The van der Waals surface area contributed by atoms with E-state index in [0.717, 1.165) is 38.5 Å². The van der Waals surface area contributed by atoms with Crippen molar-refractivity contribution in [3.8, 4) is 0 Å². The molecule has 1 heterocycles. The normalized spacial score (nSPS) is 46.7. The summed E-state index contributed by atoms with van der Waals surface area (Å²) in [7, 11) is 0. The molecule has 0 aromatic rings. The Morgan fingerprint density at radius 3 is 2.64 bits per heavy atom. The lowest BCUT2D eigenvalue weighted by molar-refractivity contribution is -0.198. The summed E-state index contributed by atoms with van der Waals surface area (Å²) in [6.45, 7) is 4.77. The monoisotopic (exact) mass is 456 g/mol. The van der Waals surface area contributed by atoms with Crippen LogP contribution < -0.4 is 0 Å². The Bertz CT molecular complexity index is 935. The third-order valence-electron chi connectivity index (χ3n) is 10.3.